The highest BCUT2D eigenvalue weighted by Gasteiger charge is 2.42. The van der Waals surface area contributed by atoms with Crippen LogP contribution in [0, 0.1) is 5.82 Å². The van der Waals surface area contributed by atoms with Crippen LogP contribution in [0.5, 0.6) is 5.75 Å². The maximum atomic E-state index is 13.9. The molecular formula is C16H23FN2O. The first kappa shape index (κ1) is 13.8. The summed E-state index contributed by atoms with van der Waals surface area (Å²) >= 11 is 0. The SMILES string of the molecule is COc1ccc(C(C)N2C3CCC2CC(N)C3)cc1F. The zero-order valence-corrected chi connectivity index (χ0v) is 12.2. The molecule has 3 unspecified atom stereocenters. The summed E-state index contributed by atoms with van der Waals surface area (Å²) in [5, 5.41) is 0. The molecule has 3 nitrogen and oxygen atoms in total. The fourth-order valence-corrected chi connectivity index (χ4v) is 4.00. The van der Waals surface area contributed by atoms with Crippen LogP contribution in [0.1, 0.15) is 44.2 Å². The first-order chi connectivity index (χ1) is 9.60. The van der Waals surface area contributed by atoms with Gasteiger partial charge in [-0.15, -0.1) is 0 Å². The molecule has 4 heteroatoms. The normalized spacial score (nSPS) is 31.3. The maximum absolute atomic E-state index is 13.9. The molecule has 0 radical (unpaired) electrons. The minimum absolute atomic E-state index is 0.236. The van der Waals surface area contributed by atoms with Gasteiger partial charge in [0.2, 0.25) is 0 Å². The lowest BCUT2D eigenvalue weighted by molar-refractivity contribution is 0.0852. The van der Waals surface area contributed by atoms with E-state index in [1.54, 1.807) is 12.1 Å². The number of halogens is 1. The molecule has 1 aromatic rings. The lowest BCUT2D eigenvalue weighted by atomic mass is 9.94. The Morgan fingerprint density at radius 3 is 2.50 bits per heavy atom. The molecule has 0 saturated carbocycles. The molecule has 2 saturated heterocycles. The summed E-state index contributed by atoms with van der Waals surface area (Å²) in [6.45, 7) is 2.17. The van der Waals surface area contributed by atoms with Crippen molar-refractivity contribution in [2.75, 3.05) is 7.11 Å². The van der Waals surface area contributed by atoms with Crippen LogP contribution >= 0.6 is 0 Å². The molecule has 2 fully saturated rings. The third-order valence-corrected chi connectivity index (χ3v) is 4.93. The second-order valence-electron chi connectivity index (χ2n) is 6.13. The van der Waals surface area contributed by atoms with E-state index in [-0.39, 0.29) is 11.9 Å². The molecule has 0 aromatic heterocycles. The Kier molecular flexibility index (Phi) is 3.69. The summed E-state index contributed by atoms with van der Waals surface area (Å²) in [5.74, 6) is 0.0301. The van der Waals surface area contributed by atoms with E-state index < -0.39 is 0 Å². The van der Waals surface area contributed by atoms with Crippen molar-refractivity contribution in [2.24, 2.45) is 5.73 Å². The lowest BCUT2D eigenvalue weighted by Crippen LogP contribution is -2.48. The molecule has 0 aliphatic carbocycles. The van der Waals surface area contributed by atoms with Crippen molar-refractivity contribution in [1.29, 1.82) is 0 Å². The number of nitrogens with zero attached hydrogens (tertiary/aromatic N) is 1. The van der Waals surface area contributed by atoms with Crippen LogP contribution in [0.3, 0.4) is 0 Å². The highest BCUT2D eigenvalue weighted by molar-refractivity contribution is 5.31. The molecule has 110 valence electrons. The fourth-order valence-electron chi connectivity index (χ4n) is 4.00. The largest absolute Gasteiger partial charge is 0.494 e. The summed E-state index contributed by atoms with van der Waals surface area (Å²) in [6.07, 6.45) is 4.58. The van der Waals surface area contributed by atoms with Gasteiger partial charge >= 0.3 is 0 Å². The molecule has 2 heterocycles. The van der Waals surface area contributed by atoms with E-state index >= 15 is 0 Å². The predicted octanol–water partition coefficient (Wildman–Crippen LogP) is 2.85. The van der Waals surface area contributed by atoms with E-state index in [2.05, 4.69) is 11.8 Å². The van der Waals surface area contributed by atoms with Gasteiger partial charge in [0, 0.05) is 24.2 Å². The average molecular weight is 278 g/mol. The minimum Gasteiger partial charge on any atom is -0.494 e. The van der Waals surface area contributed by atoms with Crippen molar-refractivity contribution < 1.29 is 9.13 Å². The number of benzene rings is 1. The van der Waals surface area contributed by atoms with Gasteiger partial charge in [-0.3, -0.25) is 4.90 Å². The average Bonchev–Trinajstić information content (AvgIpc) is 2.70. The molecule has 2 N–H and O–H groups in total. The number of hydrogen-bond acceptors (Lipinski definition) is 3. The summed E-state index contributed by atoms with van der Waals surface area (Å²) in [4.78, 5) is 2.55. The Hall–Kier alpha value is -1.13. The van der Waals surface area contributed by atoms with Crippen LogP contribution < -0.4 is 10.5 Å². The standard InChI is InChI=1S/C16H23FN2O/c1-10(11-3-6-16(20-2)15(17)7-11)19-13-4-5-14(19)9-12(18)8-13/h3,6-7,10,12-14H,4-5,8-9,18H2,1-2H3. The first-order valence-corrected chi connectivity index (χ1v) is 7.46. The number of nitrogens with two attached hydrogens (primary N) is 1. The maximum Gasteiger partial charge on any atom is 0.165 e. The molecule has 2 aliphatic heterocycles. The van der Waals surface area contributed by atoms with Gasteiger partial charge in [-0.05, 0) is 50.3 Å². The second kappa shape index (κ2) is 5.34. The van der Waals surface area contributed by atoms with Crippen LogP contribution in [0.15, 0.2) is 18.2 Å². The highest BCUT2D eigenvalue weighted by atomic mass is 19.1. The Bertz CT molecular complexity index is 479. The Morgan fingerprint density at radius 2 is 1.95 bits per heavy atom. The zero-order chi connectivity index (χ0) is 14.3. The van der Waals surface area contributed by atoms with Gasteiger partial charge in [-0.1, -0.05) is 6.07 Å². The predicted molar refractivity (Wildman–Crippen MR) is 77.2 cm³/mol. The first-order valence-electron chi connectivity index (χ1n) is 7.46. The molecule has 2 aliphatic rings. The van der Waals surface area contributed by atoms with E-state index in [1.807, 2.05) is 6.07 Å². The monoisotopic (exact) mass is 278 g/mol. The molecular weight excluding hydrogens is 255 g/mol. The third-order valence-electron chi connectivity index (χ3n) is 4.93. The smallest absolute Gasteiger partial charge is 0.165 e. The Morgan fingerprint density at radius 1 is 1.30 bits per heavy atom. The van der Waals surface area contributed by atoms with Gasteiger partial charge in [-0.25, -0.2) is 4.39 Å². The van der Waals surface area contributed by atoms with Gasteiger partial charge in [0.25, 0.3) is 0 Å². The quantitative estimate of drug-likeness (QED) is 0.924. The lowest BCUT2D eigenvalue weighted by Gasteiger charge is -2.41. The van der Waals surface area contributed by atoms with Crippen LogP contribution in [0.2, 0.25) is 0 Å². The van der Waals surface area contributed by atoms with E-state index in [0.717, 1.165) is 18.4 Å². The van der Waals surface area contributed by atoms with Crippen LogP contribution in [-0.2, 0) is 0 Å². The van der Waals surface area contributed by atoms with E-state index in [0.29, 0.717) is 23.9 Å². The van der Waals surface area contributed by atoms with E-state index in [4.69, 9.17) is 10.5 Å². The van der Waals surface area contributed by atoms with Gasteiger partial charge in [0.05, 0.1) is 7.11 Å². The molecule has 20 heavy (non-hydrogen) atoms. The summed E-state index contributed by atoms with van der Waals surface area (Å²) < 4.78 is 18.9. The number of methoxy groups -OCH3 is 1. The number of fused-ring (bicyclic) bond motifs is 2. The molecule has 3 rings (SSSR count). The van der Waals surface area contributed by atoms with Crippen molar-refractivity contribution in [3.63, 3.8) is 0 Å². The summed E-state index contributed by atoms with van der Waals surface area (Å²) in [6, 6.07) is 6.99. The van der Waals surface area contributed by atoms with Gasteiger partial charge in [-0.2, -0.15) is 0 Å². The second-order valence-corrected chi connectivity index (χ2v) is 6.13. The Labute approximate surface area is 119 Å². The van der Waals surface area contributed by atoms with Crippen molar-refractivity contribution in [1.82, 2.24) is 4.90 Å². The zero-order valence-electron chi connectivity index (χ0n) is 12.2. The van der Waals surface area contributed by atoms with Crippen LogP contribution in [0.25, 0.3) is 0 Å². The highest BCUT2D eigenvalue weighted by Crippen LogP contribution is 2.41. The van der Waals surface area contributed by atoms with E-state index in [1.165, 1.54) is 20.0 Å². The third kappa shape index (κ3) is 2.31. The van der Waals surface area contributed by atoms with Crippen LogP contribution in [0.4, 0.5) is 4.39 Å². The summed E-state index contributed by atoms with van der Waals surface area (Å²) in [5.41, 5.74) is 7.14. The molecule has 2 bridgehead atoms. The minimum atomic E-state index is -0.280. The molecule has 3 atom stereocenters. The molecule has 0 amide bonds. The van der Waals surface area contributed by atoms with Gasteiger partial charge in [0.1, 0.15) is 0 Å². The number of hydrogen-bond donors (Lipinski definition) is 1. The summed E-state index contributed by atoms with van der Waals surface area (Å²) in [7, 11) is 1.49. The fraction of sp³-hybridized carbons (Fsp3) is 0.625. The van der Waals surface area contributed by atoms with Crippen molar-refractivity contribution in [3.05, 3.63) is 29.6 Å². The van der Waals surface area contributed by atoms with Gasteiger partial charge < -0.3 is 10.5 Å². The molecule has 0 spiro atoms. The van der Waals surface area contributed by atoms with Crippen molar-refractivity contribution in [3.8, 4) is 5.75 Å². The number of piperidine rings is 1. The van der Waals surface area contributed by atoms with Gasteiger partial charge in [0.15, 0.2) is 11.6 Å². The topological polar surface area (TPSA) is 38.5 Å². The van der Waals surface area contributed by atoms with Crippen molar-refractivity contribution >= 4 is 0 Å². The number of rotatable bonds is 3. The Balaban J connectivity index is 1.82. The van der Waals surface area contributed by atoms with E-state index in [9.17, 15) is 4.39 Å². The van der Waals surface area contributed by atoms with Crippen molar-refractivity contribution in [2.45, 2.75) is 56.8 Å². The molecule has 1 aromatic carbocycles. The number of ether oxygens (including phenoxy) is 1. The van der Waals surface area contributed by atoms with Crippen LogP contribution in [-0.4, -0.2) is 30.1 Å².